The molecule has 0 spiro atoms. The van der Waals surface area contributed by atoms with E-state index in [4.69, 9.17) is 34.8 Å². The second-order valence-electron chi connectivity index (χ2n) is 5.60. The molecule has 1 saturated heterocycles. The van der Waals surface area contributed by atoms with Crippen LogP contribution in [-0.4, -0.2) is 41.8 Å². The molecule has 1 fully saturated rings. The molecule has 0 radical (unpaired) electrons. The van der Waals surface area contributed by atoms with Crippen molar-refractivity contribution in [3.05, 3.63) is 35.9 Å². The van der Waals surface area contributed by atoms with Gasteiger partial charge in [-0.2, -0.15) is 0 Å². The molecule has 0 aromatic heterocycles. The highest BCUT2D eigenvalue weighted by Crippen LogP contribution is 2.27. The van der Waals surface area contributed by atoms with Crippen molar-refractivity contribution in [2.75, 3.05) is 11.5 Å². The van der Waals surface area contributed by atoms with Crippen LogP contribution < -0.4 is 10.6 Å². The lowest BCUT2D eigenvalue weighted by atomic mass is 10.1. The van der Waals surface area contributed by atoms with E-state index in [0.717, 1.165) is 5.56 Å². The standard InChI is InChI=1S/C14H17Cl3N2O3S/c15-14(16,17)13(18-11-6-7-23(21,22)9-11)19-12(20)8-10-4-2-1-3-5-10/h1-5,11,13,18H,6-9H2,(H,19,20)/p+1/t11-,13-/m1/s1. The topological polar surface area (TPSA) is 79.8 Å². The normalized spacial score (nSPS) is 21.8. The molecule has 2 rings (SSSR count). The van der Waals surface area contributed by atoms with Crippen molar-refractivity contribution >= 4 is 50.5 Å². The van der Waals surface area contributed by atoms with Crippen LogP contribution in [0.25, 0.3) is 0 Å². The van der Waals surface area contributed by atoms with Gasteiger partial charge in [-0.05, 0) is 5.56 Å². The maximum atomic E-state index is 12.1. The van der Waals surface area contributed by atoms with Gasteiger partial charge in [0, 0.05) is 6.42 Å². The highest BCUT2D eigenvalue weighted by molar-refractivity contribution is 7.91. The lowest BCUT2D eigenvalue weighted by Gasteiger charge is -2.25. The summed E-state index contributed by atoms with van der Waals surface area (Å²) in [5.74, 6) is -0.137. The predicted molar refractivity (Wildman–Crippen MR) is 91.4 cm³/mol. The van der Waals surface area contributed by atoms with Gasteiger partial charge in [0.2, 0.25) is 12.1 Å². The lowest BCUT2D eigenvalue weighted by Crippen LogP contribution is -3.01. The molecule has 0 unspecified atom stereocenters. The number of benzene rings is 1. The third-order valence-corrected chi connectivity index (χ3v) is 6.11. The lowest BCUT2D eigenvalue weighted by molar-refractivity contribution is -0.719. The maximum absolute atomic E-state index is 12.1. The van der Waals surface area contributed by atoms with E-state index in [0.29, 0.717) is 6.42 Å². The second-order valence-corrected chi connectivity index (χ2v) is 10.2. The summed E-state index contributed by atoms with van der Waals surface area (Å²) in [7, 11) is -3.04. The van der Waals surface area contributed by atoms with Crippen LogP contribution in [0.15, 0.2) is 30.3 Å². The molecule has 5 nitrogen and oxygen atoms in total. The van der Waals surface area contributed by atoms with E-state index < -0.39 is 19.8 Å². The fourth-order valence-electron chi connectivity index (χ4n) is 2.49. The van der Waals surface area contributed by atoms with Crippen LogP contribution in [0.2, 0.25) is 0 Å². The number of halogens is 3. The summed E-state index contributed by atoms with van der Waals surface area (Å²) in [5, 5.41) is 4.30. The van der Waals surface area contributed by atoms with Crippen LogP contribution in [0.5, 0.6) is 0 Å². The van der Waals surface area contributed by atoms with E-state index in [1.54, 1.807) is 5.32 Å². The van der Waals surface area contributed by atoms with Gasteiger partial charge in [0.25, 0.3) is 3.79 Å². The number of nitrogens with two attached hydrogens (primary N) is 1. The third-order valence-electron chi connectivity index (χ3n) is 3.61. The van der Waals surface area contributed by atoms with Crippen molar-refractivity contribution in [2.45, 2.75) is 28.8 Å². The second kappa shape index (κ2) is 7.57. The Labute approximate surface area is 150 Å². The van der Waals surface area contributed by atoms with Gasteiger partial charge in [0.1, 0.15) is 11.8 Å². The molecular formula is C14H18Cl3N2O3S+. The zero-order chi connectivity index (χ0) is 17.1. The SMILES string of the molecule is O=C(Cc1ccccc1)N[C@@H]([NH2+][C@@H]1CCS(=O)(=O)C1)C(Cl)(Cl)Cl. The summed E-state index contributed by atoms with van der Waals surface area (Å²) < 4.78 is 21.3. The monoisotopic (exact) mass is 399 g/mol. The fourth-order valence-corrected chi connectivity index (χ4v) is 4.63. The first-order valence-electron chi connectivity index (χ1n) is 7.11. The van der Waals surface area contributed by atoms with Gasteiger partial charge in [-0.3, -0.25) is 4.79 Å². The number of rotatable bonds is 5. The Morgan fingerprint density at radius 1 is 1.30 bits per heavy atom. The Bertz CT molecular complexity index is 647. The summed E-state index contributed by atoms with van der Waals surface area (Å²) in [4.78, 5) is 12.1. The zero-order valence-corrected chi connectivity index (χ0v) is 15.3. The molecule has 2 atom stereocenters. The quantitative estimate of drug-likeness (QED) is 0.566. The van der Waals surface area contributed by atoms with Crippen molar-refractivity contribution in [2.24, 2.45) is 0 Å². The molecule has 9 heteroatoms. The van der Waals surface area contributed by atoms with E-state index in [9.17, 15) is 13.2 Å². The molecule has 0 bridgehead atoms. The number of alkyl halides is 3. The van der Waals surface area contributed by atoms with Crippen molar-refractivity contribution in [3.63, 3.8) is 0 Å². The number of hydrogen-bond acceptors (Lipinski definition) is 3. The van der Waals surface area contributed by atoms with Gasteiger partial charge in [0.05, 0.1) is 12.2 Å². The largest absolute Gasteiger partial charge is 0.320 e. The van der Waals surface area contributed by atoms with Crippen molar-refractivity contribution in [1.29, 1.82) is 0 Å². The minimum atomic E-state index is -3.04. The van der Waals surface area contributed by atoms with Crippen molar-refractivity contribution in [1.82, 2.24) is 5.32 Å². The molecular weight excluding hydrogens is 383 g/mol. The summed E-state index contributed by atoms with van der Waals surface area (Å²) in [5.41, 5.74) is 0.844. The predicted octanol–water partition coefficient (Wildman–Crippen LogP) is 0.792. The molecule has 1 aliphatic heterocycles. The molecule has 128 valence electrons. The van der Waals surface area contributed by atoms with E-state index in [-0.39, 0.29) is 29.9 Å². The molecule has 23 heavy (non-hydrogen) atoms. The number of amides is 1. The minimum Gasteiger partial charge on any atom is -0.320 e. The van der Waals surface area contributed by atoms with Crippen molar-refractivity contribution in [3.8, 4) is 0 Å². The summed E-state index contributed by atoms with van der Waals surface area (Å²) in [6, 6.07) is 8.97. The molecule has 1 heterocycles. The van der Waals surface area contributed by atoms with Crippen LogP contribution in [0.1, 0.15) is 12.0 Å². The number of hydrogen-bond donors (Lipinski definition) is 2. The number of carbonyl (C=O) groups is 1. The molecule has 1 aliphatic rings. The first-order valence-corrected chi connectivity index (χ1v) is 10.1. The summed E-state index contributed by atoms with van der Waals surface area (Å²) >= 11 is 17.8. The number of nitrogens with one attached hydrogen (secondary N) is 1. The highest BCUT2D eigenvalue weighted by atomic mass is 35.6. The number of quaternary nitrogens is 1. The van der Waals surface area contributed by atoms with Gasteiger partial charge in [-0.1, -0.05) is 65.1 Å². The first-order chi connectivity index (χ1) is 10.7. The van der Waals surface area contributed by atoms with E-state index in [1.165, 1.54) is 0 Å². The Kier molecular flexibility index (Phi) is 6.19. The van der Waals surface area contributed by atoms with Gasteiger partial charge in [0.15, 0.2) is 9.84 Å². The fraction of sp³-hybridized carbons (Fsp3) is 0.500. The molecule has 1 aromatic carbocycles. The van der Waals surface area contributed by atoms with Crippen LogP contribution >= 0.6 is 34.8 Å². The van der Waals surface area contributed by atoms with Crippen LogP contribution in [-0.2, 0) is 21.1 Å². The van der Waals surface area contributed by atoms with E-state index in [1.807, 2.05) is 30.3 Å². The Morgan fingerprint density at radius 2 is 1.96 bits per heavy atom. The molecule has 0 saturated carbocycles. The molecule has 3 N–H and O–H groups in total. The van der Waals surface area contributed by atoms with Gasteiger partial charge in [-0.15, -0.1) is 0 Å². The average molecular weight is 401 g/mol. The maximum Gasteiger partial charge on any atom is 0.262 e. The highest BCUT2D eigenvalue weighted by Gasteiger charge is 2.41. The van der Waals surface area contributed by atoms with Gasteiger partial charge >= 0.3 is 0 Å². The number of carbonyl (C=O) groups excluding carboxylic acids is 1. The molecule has 1 aromatic rings. The van der Waals surface area contributed by atoms with Crippen LogP contribution in [0.3, 0.4) is 0 Å². The Morgan fingerprint density at radius 3 is 2.48 bits per heavy atom. The first kappa shape index (κ1) is 18.8. The van der Waals surface area contributed by atoms with E-state index >= 15 is 0 Å². The van der Waals surface area contributed by atoms with Crippen LogP contribution in [0.4, 0.5) is 0 Å². The average Bonchev–Trinajstić information content (AvgIpc) is 2.77. The van der Waals surface area contributed by atoms with Gasteiger partial charge in [-0.25, -0.2) is 8.42 Å². The summed E-state index contributed by atoms with van der Waals surface area (Å²) in [6.45, 7) is 0. The zero-order valence-electron chi connectivity index (χ0n) is 12.2. The molecule has 0 aliphatic carbocycles. The minimum absolute atomic E-state index is 0.0266. The Balaban J connectivity index is 1.97. The van der Waals surface area contributed by atoms with Gasteiger partial charge < -0.3 is 10.6 Å². The van der Waals surface area contributed by atoms with E-state index in [2.05, 4.69) is 5.32 Å². The smallest absolute Gasteiger partial charge is 0.262 e. The number of sulfone groups is 1. The van der Waals surface area contributed by atoms with Crippen molar-refractivity contribution < 1.29 is 18.5 Å². The molecule has 1 amide bonds. The Hall–Kier alpha value is -0.530. The third kappa shape index (κ3) is 6.12. The van der Waals surface area contributed by atoms with Crippen LogP contribution in [0, 0.1) is 0 Å². The summed E-state index contributed by atoms with van der Waals surface area (Å²) in [6.07, 6.45) is -0.203.